The monoisotopic (exact) mass is 227 g/mol. The normalized spacial score (nSPS) is 10.1. The number of hydrogen-bond donors (Lipinski definition) is 3. The molecule has 0 radical (unpaired) electrons. The number of phenolic OH excluding ortho intramolecular Hbond substituents is 2. The maximum absolute atomic E-state index is 11.3. The van der Waals surface area contributed by atoms with E-state index in [-0.39, 0.29) is 23.7 Å². The largest absolute Gasteiger partial charge is 0.508 e. The van der Waals surface area contributed by atoms with E-state index in [1.165, 1.54) is 13.2 Å². The molecule has 0 aliphatic rings. The fraction of sp³-hybridized carbons (Fsp3) is 0.300. The van der Waals surface area contributed by atoms with Crippen LogP contribution < -0.4 is 5.90 Å². The van der Waals surface area contributed by atoms with Crippen LogP contribution >= 0.6 is 0 Å². The maximum atomic E-state index is 11.3. The summed E-state index contributed by atoms with van der Waals surface area (Å²) in [4.78, 5) is 15.6. The Labute approximate surface area is 92.2 Å². The summed E-state index contributed by atoms with van der Waals surface area (Å²) in [5, 5.41) is 18.9. The summed E-state index contributed by atoms with van der Waals surface area (Å²) in [6.07, 6.45) is 0.326. The molecule has 0 amide bonds. The Morgan fingerprint density at radius 1 is 1.38 bits per heavy atom. The molecule has 16 heavy (non-hydrogen) atoms. The van der Waals surface area contributed by atoms with Crippen LogP contribution in [0.5, 0.6) is 11.5 Å². The highest BCUT2D eigenvalue weighted by Gasteiger charge is 2.15. The molecule has 0 heterocycles. The number of esters is 1. The fourth-order valence-corrected chi connectivity index (χ4v) is 1.26. The van der Waals surface area contributed by atoms with Crippen LogP contribution in [0.2, 0.25) is 0 Å². The molecule has 0 bridgehead atoms. The van der Waals surface area contributed by atoms with Crippen LogP contribution in [0, 0.1) is 0 Å². The SMILES string of the molecule is COC(=O)c1cc(CCON)c(O)cc1O. The van der Waals surface area contributed by atoms with Gasteiger partial charge in [-0.15, -0.1) is 0 Å². The molecule has 6 nitrogen and oxygen atoms in total. The van der Waals surface area contributed by atoms with Gasteiger partial charge in [-0.3, -0.25) is 0 Å². The van der Waals surface area contributed by atoms with Crippen molar-refractivity contribution in [2.45, 2.75) is 6.42 Å². The zero-order chi connectivity index (χ0) is 12.1. The van der Waals surface area contributed by atoms with Crippen molar-refractivity contribution in [1.29, 1.82) is 0 Å². The van der Waals surface area contributed by atoms with Crippen LogP contribution in [0.4, 0.5) is 0 Å². The summed E-state index contributed by atoms with van der Waals surface area (Å²) in [5.74, 6) is 3.73. The van der Waals surface area contributed by atoms with Crippen molar-refractivity contribution in [3.8, 4) is 11.5 Å². The summed E-state index contributed by atoms with van der Waals surface area (Å²) < 4.78 is 4.48. The second-order valence-electron chi connectivity index (χ2n) is 3.11. The van der Waals surface area contributed by atoms with E-state index in [1.54, 1.807) is 0 Å². The molecular formula is C10H13NO5. The Kier molecular flexibility index (Phi) is 4.10. The Morgan fingerprint density at radius 3 is 2.62 bits per heavy atom. The standard InChI is InChI=1S/C10H13NO5/c1-15-10(14)7-4-6(2-3-16-11)8(12)5-9(7)13/h4-5,12-13H,2-3,11H2,1H3. The van der Waals surface area contributed by atoms with Gasteiger partial charge in [0.25, 0.3) is 0 Å². The molecule has 88 valence electrons. The lowest BCUT2D eigenvalue weighted by atomic mass is 10.1. The van der Waals surface area contributed by atoms with Crippen LogP contribution in [0.15, 0.2) is 12.1 Å². The molecule has 1 rings (SSSR count). The third-order valence-electron chi connectivity index (χ3n) is 2.09. The number of phenols is 2. The average molecular weight is 227 g/mol. The molecule has 0 saturated carbocycles. The molecule has 0 saturated heterocycles. The number of carbonyl (C=O) groups is 1. The number of carbonyl (C=O) groups excluding carboxylic acids is 1. The number of nitrogens with two attached hydrogens (primary N) is 1. The van der Waals surface area contributed by atoms with Crippen LogP contribution in [-0.4, -0.2) is 29.9 Å². The molecule has 1 aromatic rings. The summed E-state index contributed by atoms with van der Waals surface area (Å²) in [7, 11) is 1.21. The first-order valence-corrected chi connectivity index (χ1v) is 4.55. The first-order chi connectivity index (χ1) is 7.60. The smallest absolute Gasteiger partial charge is 0.341 e. The van der Waals surface area contributed by atoms with Gasteiger partial charge in [-0.05, 0) is 11.6 Å². The van der Waals surface area contributed by atoms with Crippen molar-refractivity contribution in [2.75, 3.05) is 13.7 Å². The van der Waals surface area contributed by atoms with Crippen molar-refractivity contribution < 1.29 is 24.6 Å². The van der Waals surface area contributed by atoms with Crippen LogP contribution in [0.3, 0.4) is 0 Å². The van der Waals surface area contributed by atoms with Gasteiger partial charge in [-0.25, -0.2) is 10.7 Å². The zero-order valence-electron chi connectivity index (χ0n) is 8.77. The molecule has 4 N–H and O–H groups in total. The van der Waals surface area contributed by atoms with Crippen molar-refractivity contribution in [3.63, 3.8) is 0 Å². The van der Waals surface area contributed by atoms with Crippen LogP contribution in [0.25, 0.3) is 0 Å². The van der Waals surface area contributed by atoms with E-state index >= 15 is 0 Å². The van der Waals surface area contributed by atoms with Gasteiger partial charge in [0, 0.05) is 12.5 Å². The highest BCUT2D eigenvalue weighted by Crippen LogP contribution is 2.28. The van der Waals surface area contributed by atoms with Crippen molar-refractivity contribution in [1.82, 2.24) is 0 Å². The molecule has 1 aromatic carbocycles. The van der Waals surface area contributed by atoms with E-state index in [4.69, 9.17) is 5.90 Å². The Bertz CT molecular complexity index is 391. The third-order valence-corrected chi connectivity index (χ3v) is 2.09. The number of benzene rings is 1. The van der Waals surface area contributed by atoms with Gasteiger partial charge in [0.15, 0.2) is 0 Å². The molecule has 0 aromatic heterocycles. The minimum Gasteiger partial charge on any atom is -0.508 e. The summed E-state index contributed by atoms with van der Waals surface area (Å²) in [6, 6.07) is 2.42. The number of hydrogen-bond acceptors (Lipinski definition) is 6. The van der Waals surface area contributed by atoms with Crippen LogP contribution in [0.1, 0.15) is 15.9 Å². The first kappa shape index (κ1) is 12.3. The number of rotatable bonds is 4. The van der Waals surface area contributed by atoms with E-state index in [2.05, 4.69) is 9.57 Å². The van der Waals surface area contributed by atoms with Gasteiger partial charge in [-0.1, -0.05) is 0 Å². The molecule has 0 unspecified atom stereocenters. The molecule has 0 spiro atoms. The van der Waals surface area contributed by atoms with Gasteiger partial charge in [0.1, 0.15) is 17.1 Å². The quantitative estimate of drug-likeness (QED) is 0.505. The predicted molar refractivity (Wildman–Crippen MR) is 55.0 cm³/mol. The second-order valence-corrected chi connectivity index (χ2v) is 3.11. The Hall–Kier alpha value is -1.79. The predicted octanol–water partition coefficient (Wildman–Crippen LogP) is 0.317. The van der Waals surface area contributed by atoms with Crippen molar-refractivity contribution in [3.05, 3.63) is 23.3 Å². The molecular weight excluding hydrogens is 214 g/mol. The lowest BCUT2D eigenvalue weighted by Crippen LogP contribution is -2.06. The van der Waals surface area contributed by atoms with E-state index in [0.29, 0.717) is 12.0 Å². The number of methoxy groups -OCH3 is 1. The topological polar surface area (TPSA) is 102 Å². The lowest BCUT2D eigenvalue weighted by Gasteiger charge is -2.08. The highest BCUT2D eigenvalue weighted by atomic mass is 16.6. The minimum absolute atomic E-state index is 0.00711. The zero-order valence-corrected chi connectivity index (χ0v) is 8.77. The van der Waals surface area contributed by atoms with E-state index < -0.39 is 5.97 Å². The number of aromatic hydroxyl groups is 2. The number of ether oxygens (including phenoxy) is 1. The van der Waals surface area contributed by atoms with Crippen molar-refractivity contribution in [2.24, 2.45) is 5.90 Å². The Morgan fingerprint density at radius 2 is 2.06 bits per heavy atom. The summed E-state index contributed by atoms with van der Waals surface area (Å²) in [5.41, 5.74) is 0.441. The minimum atomic E-state index is -0.674. The fourth-order valence-electron chi connectivity index (χ4n) is 1.26. The molecule has 0 aliphatic carbocycles. The summed E-state index contributed by atoms with van der Waals surface area (Å²) in [6.45, 7) is 0.193. The van der Waals surface area contributed by atoms with E-state index in [9.17, 15) is 15.0 Å². The van der Waals surface area contributed by atoms with Gasteiger partial charge in [0.05, 0.1) is 13.7 Å². The van der Waals surface area contributed by atoms with E-state index in [0.717, 1.165) is 6.07 Å². The molecule has 0 fully saturated rings. The van der Waals surface area contributed by atoms with Gasteiger partial charge in [-0.2, -0.15) is 0 Å². The van der Waals surface area contributed by atoms with Crippen molar-refractivity contribution >= 4 is 5.97 Å². The lowest BCUT2D eigenvalue weighted by molar-refractivity contribution is 0.0597. The second kappa shape index (κ2) is 5.34. The first-order valence-electron chi connectivity index (χ1n) is 4.55. The van der Waals surface area contributed by atoms with Gasteiger partial charge in [0.2, 0.25) is 0 Å². The Balaban J connectivity index is 3.06. The van der Waals surface area contributed by atoms with Crippen LogP contribution in [-0.2, 0) is 16.0 Å². The highest BCUT2D eigenvalue weighted by molar-refractivity contribution is 5.92. The van der Waals surface area contributed by atoms with Gasteiger partial charge < -0.3 is 19.8 Å². The average Bonchev–Trinajstić information content (AvgIpc) is 2.27. The molecule has 0 aliphatic heterocycles. The van der Waals surface area contributed by atoms with E-state index in [1.807, 2.05) is 0 Å². The molecule has 6 heteroatoms. The van der Waals surface area contributed by atoms with Gasteiger partial charge >= 0.3 is 5.97 Å². The molecule has 0 atom stereocenters. The third kappa shape index (κ3) is 2.62. The summed E-state index contributed by atoms with van der Waals surface area (Å²) >= 11 is 0. The maximum Gasteiger partial charge on any atom is 0.341 e.